The predicted molar refractivity (Wildman–Crippen MR) is 66.0 cm³/mol. The Hall–Kier alpha value is -1.47. The second-order valence-electron chi connectivity index (χ2n) is 3.55. The molecule has 2 rings (SSSR count). The molecule has 15 heavy (non-hydrogen) atoms. The first-order chi connectivity index (χ1) is 7.18. The van der Waals surface area contributed by atoms with E-state index in [1.165, 1.54) is 0 Å². The van der Waals surface area contributed by atoms with Crippen molar-refractivity contribution in [3.63, 3.8) is 0 Å². The topological polar surface area (TPSA) is 26.0 Å². The van der Waals surface area contributed by atoms with E-state index in [1.807, 2.05) is 49.4 Å². The van der Waals surface area contributed by atoms with E-state index in [2.05, 4.69) is 0 Å². The molecule has 76 valence electrons. The number of halogens is 1. The van der Waals surface area contributed by atoms with Gasteiger partial charge in [0.25, 0.3) is 0 Å². The minimum atomic E-state index is 0.769. The lowest BCUT2D eigenvalue weighted by molar-refractivity contribution is 1.46. The molecule has 0 amide bonds. The summed E-state index contributed by atoms with van der Waals surface area (Å²) in [5.41, 5.74) is 9.82. The van der Waals surface area contributed by atoms with E-state index in [0.717, 1.165) is 27.4 Å². The molecule has 0 aliphatic carbocycles. The molecule has 0 heterocycles. The summed E-state index contributed by atoms with van der Waals surface area (Å²) >= 11 is 6.14. The lowest BCUT2D eigenvalue weighted by Gasteiger charge is -2.08. The zero-order valence-corrected chi connectivity index (χ0v) is 9.25. The number of hydrogen-bond acceptors (Lipinski definition) is 1. The van der Waals surface area contributed by atoms with Crippen LogP contribution in [0.1, 0.15) is 5.56 Å². The van der Waals surface area contributed by atoms with E-state index in [1.54, 1.807) is 0 Å². The maximum atomic E-state index is 6.14. The maximum absolute atomic E-state index is 6.14. The second-order valence-corrected chi connectivity index (χ2v) is 3.96. The van der Waals surface area contributed by atoms with Crippen LogP contribution in [-0.2, 0) is 0 Å². The van der Waals surface area contributed by atoms with Gasteiger partial charge in [0.1, 0.15) is 0 Å². The molecule has 0 fully saturated rings. The third-order valence-corrected chi connectivity index (χ3v) is 2.74. The molecular weight excluding hydrogens is 206 g/mol. The lowest BCUT2D eigenvalue weighted by atomic mass is 10.0. The van der Waals surface area contributed by atoms with Crippen molar-refractivity contribution in [2.45, 2.75) is 6.92 Å². The summed E-state index contributed by atoms with van der Waals surface area (Å²) in [5.74, 6) is 0. The van der Waals surface area contributed by atoms with Crippen LogP contribution >= 0.6 is 11.6 Å². The Bertz CT molecular complexity index is 492. The number of rotatable bonds is 1. The molecule has 2 heteroatoms. The van der Waals surface area contributed by atoms with Crippen LogP contribution < -0.4 is 5.73 Å². The molecule has 0 aliphatic rings. The van der Waals surface area contributed by atoms with Crippen LogP contribution in [0.3, 0.4) is 0 Å². The maximum Gasteiger partial charge on any atom is 0.0484 e. The first-order valence-electron chi connectivity index (χ1n) is 4.79. The minimum Gasteiger partial charge on any atom is -0.399 e. The molecule has 0 bridgehead atoms. The molecule has 0 saturated heterocycles. The van der Waals surface area contributed by atoms with Gasteiger partial charge in [0.2, 0.25) is 0 Å². The first-order valence-corrected chi connectivity index (χ1v) is 5.17. The van der Waals surface area contributed by atoms with E-state index in [-0.39, 0.29) is 0 Å². The van der Waals surface area contributed by atoms with Gasteiger partial charge in [-0.05, 0) is 36.2 Å². The molecule has 2 aromatic rings. The van der Waals surface area contributed by atoms with Crippen molar-refractivity contribution < 1.29 is 0 Å². The van der Waals surface area contributed by atoms with Crippen LogP contribution in [0.25, 0.3) is 11.1 Å². The molecule has 0 radical (unpaired) electrons. The number of nitrogen functional groups attached to an aromatic ring is 1. The van der Waals surface area contributed by atoms with E-state index >= 15 is 0 Å². The SMILES string of the molecule is Cc1cc(N)ccc1-c1ccccc1Cl. The summed E-state index contributed by atoms with van der Waals surface area (Å²) in [7, 11) is 0. The molecule has 0 spiro atoms. The van der Waals surface area contributed by atoms with Crippen LogP contribution in [0.2, 0.25) is 5.02 Å². The summed E-state index contributed by atoms with van der Waals surface area (Å²) in [4.78, 5) is 0. The Morgan fingerprint density at radius 1 is 1.00 bits per heavy atom. The normalized spacial score (nSPS) is 10.3. The van der Waals surface area contributed by atoms with Crippen molar-refractivity contribution >= 4 is 17.3 Å². The number of nitrogens with two attached hydrogens (primary N) is 1. The molecule has 1 nitrogen and oxygen atoms in total. The number of anilines is 1. The Morgan fingerprint density at radius 3 is 2.40 bits per heavy atom. The van der Waals surface area contributed by atoms with Gasteiger partial charge in [-0.25, -0.2) is 0 Å². The molecule has 2 aromatic carbocycles. The largest absolute Gasteiger partial charge is 0.399 e. The quantitative estimate of drug-likeness (QED) is 0.721. The third kappa shape index (κ3) is 1.97. The smallest absolute Gasteiger partial charge is 0.0484 e. The van der Waals surface area contributed by atoms with Gasteiger partial charge in [-0.2, -0.15) is 0 Å². The fraction of sp³-hybridized carbons (Fsp3) is 0.0769. The molecule has 2 N–H and O–H groups in total. The highest BCUT2D eigenvalue weighted by Gasteiger charge is 2.05. The van der Waals surface area contributed by atoms with Crippen molar-refractivity contribution in [2.75, 3.05) is 5.73 Å². The van der Waals surface area contributed by atoms with E-state index < -0.39 is 0 Å². The lowest BCUT2D eigenvalue weighted by Crippen LogP contribution is -1.88. The average molecular weight is 218 g/mol. The predicted octanol–water partition coefficient (Wildman–Crippen LogP) is 3.90. The summed E-state index contributed by atoms with van der Waals surface area (Å²) in [6, 6.07) is 13.7. The highest BCUT2D eigenvalue weighted by atomic mass is 35.5. The van der Waals surface area contributed by atoms with Crippen molar-refractivity contribution in [1.29, 1.82) is 0 Å². The fourth-order valence-electron chi connectivity index (χ4n) is 1.67. The number of hydrogen-bond donors (Lipinski definition) is 1. The van der Waals surface area contributed by atoms with Crippen LogP contribution in [-0.4, -0.2) is 0 Å². The summed E-state index contributed by atoms with van der Waals surface area (Å²) in [6.45, 7) is 2.04. The molecule has 0 unspecified atom stereocenters. The molecule has 0 aromatic heterocycles. The highest BCUT2D eigenvalue weighted by molar-refractivity contribution is 6.33. The zero-order valence-electron chi connectivity index (χ0n) is 8.50. The van der Waals surface area contributed by atoms with Crippen molar-refractivity contribution in [1.82, 2.24) is 0 Å². The summed E-state index contributed by atoms with van der Waals surface area (Å²) in [5, 5.41) is 0.769. The molecule has 0 atom stereocenters. The van der Waals surface area contributed by atoms with Gasteiger partial charge in [-0.3, -0.25) is 0 Å². The standard InChI is InChI=1S/C13H12ClN/c1-9-8-10(15)6-7-11(9)12-4-2-3-5-13(12)14/h2-8H,15H2,1H3. The number of aryl methyl sites for hydroxylation is 1. The molecule has 0 aliphatic heterocycles. The Labute approximate surface area is 94.5 Å². The van der Waals surface area contributed by atoms with E-state index in [9.17, 15) is 0 Å². The highest BCUT2D eigenvalue weighted by Crippen LogP contribution is 2.30. The van der Waals surface area contributed by atoms with Gasteiger partial charge in [-0.1, -0.05) is 35.9 Å². The Balaban J connectivity index is 2.60. The third-order valence-electron chi connectivity index (χ3n) is 2.41. The summed E-state index contributed by atoms with van der Waals surface area (Å²) < 4.78 is 0. The van der Waals surface area contributed by atoms with Crippen LogP contribution in [0.4, 0.5) is 5.69 Å². The average Bonchev–Trinajstić information content (AvgIpc) is 2.20. The van der Waals surface area contributed by atoms with Gasteiger partial charge in [0.15, 0.2) is 0 Å². The minimum absolute atomic E-state index is 0.769. The van der Waals surface area contributed by atoms with Crippen molar-refractivity contribution in [2.24, 2.45) is 0 Å². The van der Waals surface area contributed by atoms with Gasteiger partial charge in [-0.15, -0.1) is 0 Å². The van der Waals surface area contributed by atoms with Crippen LogP contribution in [0.15, 0.2) is 42.5 Å². The van der Waals surface area contributed by atoms with Gasteiger partial charge in [0, 0.05) is 16.3 Å². The second kappa shape index (κ2) is 3.95. The Kier molecular flexibility index (Phi) is 2.65. The van der Waals surface area contributed by atoms with Gasteiger partial charge < -0.3 is 5.73 Å². The number of benzene rings is 2. The first kappa shape index (κ1) is 10.1. The van der Waals surface area contributed by atoms with Crippen molar-refractivity contribution in [3.05, 3.63) is 53.1 Å². The summed E-state index contributed by atoms with van der Waals surface area (Å²) in [6.07, 6.45) is 0. The molecular formula is C13H12ClN. The molecule has 0 saturated carbocycles. The van der Waals surface area contributed by atoms with E-state index in [4.69, 9.17) is 17.3 Å². The van der Waals surface area contributed by atoms with Crippen molar-refractivity contribution in [3.8, 4) is 11.1 Å². The van der Waals surface area contributed by atoms with Gasteiger partial charge >= 0.3 is 0 Å². The monoisotopic (exact) mass is 217 g/mol. The van der Waals surface area contributed by atoms with Crippen LogP contribution in [0, 0.1) is 6.92 Å². The zero-order chi connectivity index (χ0) is 10.8. The van der Waals surface area contributed by atoms with Crippen LogP contribution in [0.5, 0.6) is 0 Å². The fourth-order valence-corrected chi connectivity index (χ4v) is 1.91. The van der Waals surface area contributed by atoms with Gasteiger partial charge in [0.05, 0.1) is 0 Å². The Morgan fingerprint density at radius 2 is 1.73 bits per heavy atom. The van der Waals surface area contributed by atoms with E-state index in [0.29, 0.717) is 0 Å².